The first-order valence-electron chi connectivity index (χ1n) is 9.55. The Morgan fingerprint density at radius 2 is 1.86 bits per heavy atom. The second kappa shape index (κ2) is 7.26. The molecule has 2 atom stereocenters. The van der Waals surface area contributed by atoms with Gasteiger partial charge in [0.2, 0.25) is 0 Å². The van der Waals surface area contributed by atoms with Gasteiger partial charge in [-0.05, 0) is 48.4 Å². The van der Waals surface area contributed by atoms with Gasteiger partial charge in [-0.3, -0.25) is 4.79 Å². The van der Waals surface area contributed by atoms with Crippen molar-refractivity contribution >= 4 is 39.9 Å². The second-order valence-corrected chi connectivity index (χ2v) is 8.87. The lowest BCUT2D eigenvalue weighted by Gasteiger charge is -2.09. The molecule has 1 aliphatic rings. The largest absolute Gasteiger partial charge is 0.497 e. The molecular formula is C23H23Cl2NO3. The molecule has 0 amide bonds. The van der Waals surface area contributed by atoms with E-state index in [4.69, 9.17) is 32.7 Å². The lowest BCUT2D eigenvalue weighted by Crippen LogP contribution is -2.09. The summed E-state index contributed by atoms with van der Waals surface area (Å²) in [7, 11) is 5.15. The Labute approximate surface area is 180 Å². The maximum atomic E-state index is 13.3. The second-order valence-electron chi connectivity index (χ2n) is 7.43. The Hall–Kier alpha value is -2.17. The molecule has 1 aliphatic carbocycles. The quantitative estimate of drug-likeness (QED) is 0.380. The average molecular weight is 432 g/mol. The van der Waals surface area contributed by atoms with E-state index < -0.39 is 10.3 Å². The minimum absolute atomic E-state index is 0.141. The van der Waals surface area contributed by atoms with Crippen LogP contribution in [0.2, 0.25) is 0 Å². The van der Waals surface area contributed by atoms with Crippen LogP contribution in [0.3, 0.4) is 0 Å². The molecule has 1 saturated carbocycles. The van der Waals surface area contributed by atoms with Crippen LogP contribution in [0.5, 0.6) is 11.5 Å². The SMILES string of the molecule is CCc1cc2cc(C3C(C(=O)c4cc(OC)ccc4OC)C3(Cl)Cl)ccc2n1C. The number of fused-ring (bicyclic) bond motifs is 1. The topological polar surface area (TPSA) is 40.5 Å². The van der Waals surface area contributed by atoms with E-state index in [0.717, 1.165) is 22.9 Å². The van der Waals surface area contributed by atoms with Crippen LogP contribution >= 0.6 is 23.2 Å². The molecule has 0 N–H and O–H groups in total. The van der Waals surface area contributed by atoms with Crippen LogP contribution in [0.4, 0.5) is 0 Å². The first-order valence-corrected chi connectivity index (χ1v) is 10.3. The maximum absolute atomic E-state index is 13.3. The number of carbonyl (C=O) groups excluding carboxylic acids is 1. The van der Waals surface area contributed by atoms with E-state index in [-0.39, 0.29) is 11.7 Å². The standard InChI is InChI=1S/C23H23Cl2NO3/c1-5-15-11-14-10-13(6-8-18(14)26(15)2)20-21(23(20,24)25)22(27)17-12-16(28-3)7-9-19(17)29-4/h6-12,20-21H,5H2,1-4H3. The maximum Gasteiger partial charge on any atom is 0.173 e. The van der Waals surface area contributed by atoms with Crippen molar-refractivity contribution in [3.05, 3.63) is 59.3 Å². The summed E-state index contributed by atoms with van der Waals surface area (Å²) >= 11 is 13.2. The molecule has 0 spiro atoms. The molecule has 152 valence electrons. The van der Waals surface area contributed by atoms with Gasteiger partial charge >= 0.3 is 0 Å². The number of ketones is 1. The van der Waals surface area contributed by atoms with Crippen LogP contribution in [-0.2, 0) is 13.5 Å². The summed E-state index contributed by atoms with van der Waals surface area (Å²) in [5.41, 5.74) is 3.80. The Balaban J connectivity index is 1.71. The molecule has 2 unspecified atom stereocenters. The van der Waals surface area contributed by atoms with Crippen molar-refractivity contribution in [1.82, 2.24) is 4.57 Å². The highest BCUT2D eigenvalue weighted by molar-refractivity contribution is 6.54. The zero-order valence-electron chi connectivity index (χ0n) is 16.8. The number of nitrogens with zero attached hydrogens (tertiary/aromatic N) is 1. The van der Waals surface area contributed by atoms with Crippen LogP contribution < -0.4 is 9.47 Å². The van der Waals surface area contributed by atoms with Gasteiger partial charge in [-0.15, -0.1) is 23.2 Å². The van der Waals surface area contributed by atoms with Gasteiger partial charge in [0.25, 0.3) is 0 Å². The zero-order chi connectivity index (χ0) is 20.9. The van der Waals surface area contributed by atoms with Crippen molar-refractivity contribution < 1.29 is 14.3 Å². The lowest BCUT2D eigenvalue weighted by molar-refractivity contribution is 0.0961. The average Bonchev–Trinajstić information content (AvgIpc) is 3.16. The van der Waals surface area contributed by atoms with Crippen LogP contribution in [-0.4, -0.2) is 28.9 Å². The summed E-state index contributed by atoms with van der Waals surface area (Å²) < 4.78 is 11.7. The molecule has 0 aliphatic heterocycles. The highest BCUT2D eigenvalue weighted by atomic mass is 35.5. The Morgan fingerprint density at radius 3 is 2.52 bits per heavy atom. The van der Waals surface area contributed by atoms with E-state index in [1.165, 1.54) is 12.8 Å². The fourth-order valence-corrected chi connectivity index (χ4v) is 5.03. The molecular weight excluding hydrogens is 409 g/mol. The summed E-state index contributed by atoms with van der Waals surface area (Å²) in [6, 6.07) is 13.5. The number of hydrogen-bond acceptors (Lipinski definition) is 3. The summed E-state index contributed by atoms with van der Waals surface area (Å²) in [5, 5.41) is 1.13. The van der Waals surface area contributed by atoms with Gasteiger partial charge in [0, 0.05) is 29.6 Å². The minimum Gasteiger partial charge on any atom is -0.497 e. The van der Waals surface area contributed by atoms with Gasteiger partial charge in [-0.25, -0.2) is 0 Å². The van der Waals surface area contributed by atoms with Gasteiger partial charge in [-0.1, -0.05) is 13.0 Å². The number of halogens is 2. The number of hydrogen-bond donors (Lipinski definition) is 0. The number of benzene rings is 2. The van der Waals surface area contributed by atoms with Gasteiger partial charge in [0.15, 0.2) is 5.78 Å². The third-order valence-corrected chi connectivity index (χ3v) is 6.84. The number of aryl methyl sites for hydroxylation is 2. The first-order chi connectivity index (χ1) is 13.8. The minimum atomic E-state index is -1.15. The highest BCUT2D eigenvalue weighted by Gasteiger charge is 2.67. The normalized spacial score (nSPS) is 19.9. The Kier molecular flexibility index (Phi) is 5.04. The third kappa shape index (κ3) is 3.19. The van der Waals surface area contributed by atoms with E-state index in [2.05, 4.69) is 36.7 Å². The molecule has 6 heteroatoms. The molecule has 1 aromatic heterocycles. The molecule has 0 radical (unpaired) electrons. The third-order valence-electron chi connectivity index (χ3n) is 5.90. The van der Waals surface area contributed by atoms with Crippen molar-refractivity contribution in [2.24, 2.45) is 13.0 Å². The van der Waals surface area contributed by atoms with Crippen molar-refractivity contribution in [3.8, 4) is 11.5 Å². The van der Waals surface area contributed by atoms with E-state index in [1.807, 2.05) is 6.07 Å². The van der Waals surface area contributed by atoms with E-state index >= 15 is 0 Å². The van der Waals surface area contributed by atoms with Crippen LogP contribution in [0.25, 0.3) is 10.9 Å². The molecule has 0 bridgehead atoms. The number of carbonyl (C=O) groups is 1. The summed E-state index contributed by atoms with van der Waals surface area (Å²) in [5.74, 6) is 0.108. The number of alkyl halides is 2. The van der Waals surface area contributed by atoms with E-state index in [0.29, 0.717) is 17.1 Å². The predicted octanol–water partition coefficient (Wildman–Crippen LogP) is 5.53. The monoisotopic (exact) mass is 431 g/mol. The fraction of sp³-hybridized carbons (Fsp3) is 0.348. The highest BCUT2D eigenvalue weighted by Crippen LogP contribution is 2.66. The van der Waals surface area contributed by atoms with Gasteiger partial charge in [0.1, 0.15) is 15.8 Å². The van der Waals surface area contributed by atoms with Crippen molar-refractivity contribution in [2.45, 2.75) is 23.6 Å². The van der Waals surface area contributed by atoms with Gasteiger partial charge < -0.3 is 14.0 Å². The zero-order valence-corrected chi connectivity index (χ0v) is 18.3. The number of rotatable bonds is 6. The molecule has 4 nitrogen and oxygen atoms in total. The van der Waals surface area contributed by atoms with Crippen molar-refractivity contribution in [3.63, 3.8) is 0 Å². The summed E-state index contributed by atoms with van der Waals surface area (Å²) in [6.45, 7) is 2.13. The fourth-order valence-electron chi connectivity index (χ4n) is 4.20. The Morgan fingerprint density at radius 1 is 1.10 bits per heavy atom. The van der Waals surface area contributed by atoms with Crippen molar-refractivity contribution in [1.29, 1.82) is 0 Å². The molecule has 3 aromatic rings. The number of ether oxygens (including phenoxy) is 2. The predicted molar refractivity (Wildman–Crippen MR) is 117 cm³/mol. The molecule has 0 saturated heterocycles. The van der Waals surface area contributed by atoms with Crippen molar-refractivity contribution in [2.75, 3.05) is 14.2 Å². The smallest absolute Gasteiger partial charge is 0.173 e. The van der Waals surface area contributed by atoms with Gasteiger partial charge in [-0.2, -0.15) is 0 Å². The Bertz CT molecular complexity index is 1100. The molecule has 29 heavy (non-hydrogen) atoms. The van der Waals surface area contributed by atoms with Crippen LogP contribution in [0.15, 0.2) is 42.5 Å². The summed E-state index contributed by atoms with van der Waals surface area (Å²) in [4.78, 5) is 13.3. The van der Waals surface area contributed by atoms with E-state index in [1.54, 1.807) is 25.3 Å². The van der Waals surface area contributed by atoms with Gasteiger partial charge in [0.05, 0.1) is 25.7 Å². The summed E-state index contributed by atoms with van der Waals surface area (Å²) in [6.07, 6.45) is 0.954. The molecule has 4 rings (SSSR count). The number of methoxy groups -OCH3 is 2. The van der Waals surface area contributed by atoms with Crippen LogP contribution in [0.1, 0.15) is 34.5 Å². The molecule has 1 heterocycles. The first kappa shape index (κ1) is 20.1. The van der Waals surface area contributed by atoms with E-state index in [9.17, 15) is 4.79 Å². The number of Topliss-reactive ketones (excluding diaryl/α,β-unsaturated/α-hetero) is 1. The van der Waals surface area contributed by atoms with Crippen LogP contribution in [0, 0.1) is 5.92 Å². The molecule has 2 aromatic carbocycles. The number of aromatic nitrogens is 1. The lowest BCUT2D eigenvalue weighted by atomic mass is 10.0. The molecule has 1 fully saturated rings.